The van der Waals surface area contributed by atoms with Crippen LogP contribution in [0.3, 0.4) is 0 Å². The highest BCUT2D eigenvalue weighted by molar-refractivity contribution is 5.76. The zero-order valence-electron chi connectivity index (χ0n) is 11.3. The molecule has 0 aliphatic carbocycles. The summed E-state index contributed by atoms with van der Waals surface area (Å²) >= 11 is 0. The van der Waals surface area contributed by atoms with Gasteiger partial charge in [-0.25, -0.2) is 9.67 Å². The fraction of sp³-hybridized carbons (Fsp3) is 0.769. The molecular formula is C13H22N4O. The highest BCUT2D eigenvalue weighted by Crippen LogP contribution is 2.22. The van der Waals surface area contributed by atoms with Crippen LogP contribution in [0, 0.1) is 0 Å². The standard InChI is InChI=1S/C13H22N4O/c1-3-6-17-13(14-10-15-17)9-16-7-4-5-12(16)8-11(2)18/h10,12H,3-9H2,1-2H3. The first-order valence-corrected chi connectivity index (χ1v) is 6.81. The van der Waals surface area contributed by atoms with Crippen LogP contribution in [-0.2, 0) is 17.9 Å². The topological polar surface area (TPSA) is 51.0 Å². The molecule has 1 saturated heterocycles. The van der Waals surface area contributed by atoms with Gasteiger partial charge < -0.3 is 0 Å². The Bertz CT molecular complexity index is 401. The lowest BCUT2D eigenvalue weighted by atomic mass is 10.1. The average molecular weight is 250 g/mol. The zero-order valence-corrected chi connectivity index (χ0v) is 11.3. The third-order valence-electron chi connectivity index (χ3n) is 3.50. The number of aryl methyl sites for hydroxylation is 1. The normalized spacial score (nSPS) is 20.4. The minimum atomic E-state index is 0.280. The van der Waals surface area contributed by atoms with Crippen molar-refractivity contribution in [3.8, 4) is 0 Å². The number of hydrogen-bond acceptors (Lipinski definition) is 4. The van der Waals surface area contributed by atoms with Crippen LogP contribution in [0.15, 0.2) is 6.33 Å². The smallest absolute Gasteiger partial charge is 0.141 e. The van der Waals surface area contributed by atoms with Gasteiger partial charge >= 0.3 is 0 Å². The second kappa shape index (κ2) is 6.09. The number of likely N-dealkylation sites (tertiary alicyclic amines) is 1. The summed E-state index contributed by atoms with van der Waals surface area (Å²) in [4.78, 5) is 18.0. The Labute approximate surface area is 108 Å². The second-order valence-corrected chi connectivity index (χ2v) is 5.07. The first kappa shape index (κ1) is 13.2. The minimum absolute atomic E-state index is 0.280. The third kappa shape index (κ3) is 3.16. The van der Waals surface area contributed by atoms with Crippen LogP contribution in [0.4, 0.5) is 0 Å². The quantitative estimate of drug-likeness (QED) is 0.770. The molecule has 1 fully saturated rings. The Kier molecular flexibility index (Phi) is 4.47. The summed E-state index contributed by atoms with van der Waals surface area (Å²) in [5.74, 6) is 1.30. The molecule has 1 aliphatic heterocycles. The average Bonchev–Trinajstić information content (AvgIpc) is 2.91. The molecule has 5 heteroatoms. The van der Waals surface area contributed by atoms with E-state index in [9.17, 15) is 4.79 Å². The molecule has 1 aromatic rings. The SMILES string of the molecule is CCCn1ncnc1CN1CCCC1CC(C)=O. The number of carbonyl (C=O) groups excluding carboxylic acids is 1. The van der Waals surface area contributed by atoms with Crippen molar-refractivity contribution in [1.29, 1.82) is 0 Å². The first-order chi connectivity index (χ1) is 8.70. The maximum Gasteiger partial charge on any atom is 0.141 e. The third-order valence-corrected chi connectivity index (χ3v) is 3.50. The van der Waals surface area contributed by atoms with E-state index in [1.54, 1.807) is 13.3 Å². The van der Waals surface area contributed by atoms with Gasteiger partial charge in [0, 0.05) is 19.0 Å². The van der Waals surface area contributed by atoms with Crippen molar-refractivity contribution < 1.29 is 4.79 Å². The summed E-state index contributed by atoms with van der Waals surface area (Å²) in [5, 5.41) is 4.25. The van der Waals surface area contributed by atoms with Crippen molar-refractivity contribution in [2.45, 2.75) is 58.7 Å². The molecule has 0 N–H and O–H groups in total. The summed E-state index contributed by atoms with van der Waals surface area (Å²) < 4.78 is 1.98. The van der Waals surface area contributed by atoms with Gasteiger partial charge in [0.2, 0.25) is 0 Å². The largest absolute Gasteiger partial charge is 0.300 e. The highest BCUT2D eigenvalue weighted by Gasteiger charge is 2.26. The maximum absolute atomic E-state index is 11.3. The van der Waals surface area contributed by atoms with E-state index >= 15 is 0 Å². The zero-order chi connectivity index (χ0) is 13.0. The number of aromatic nitrogens is 3. The van der Waals surface area contributed by atoms with Gasteiger partial charge in [-0.3, -0.25) is 9.69 Å². The van der Waals surface area contributed by atoms with Crippen molar-refractivity contribution in [2.24, 2.45) is 0 Å². The van der Waals surface area contributed by atoms with Crippen LogP contribution < -0.4 is 0 Å². The summed E-state index contributed by atoms with van der Waals surface area (Å²) in [6.07, 6.45) is 5.66. The van der Waals surface area contributed by atoms with Crippen LogP contribution in [0.25, 0.3) is 0 Å². The molecule has 0 saturated carbocycles. The molecule has 5 nitrogen and oxygen atoms in total. The first-order valence-electron chi connectivity index (χ1n) is 6.81. The van der Waals surface area contributed by atoms with Gasteiger partial charge in [0.15, 0.2) is 0 Å². The Morgan fingerprint density at radius 1 is 1.56 bits per heavy atom. The van der Waals surface area contributed by atoms with Crippen molar-refractivity contribution in [2.75, 3.05) is 6.54 Å². The van der Waals surface area contributed by atoms with E-state index in [2.05, 4.69) is 21.9 Å². The van der Waals surface area contributed by atoms with Crippen LogP contribution in [0.2, 0.25) is 0 Å². The molecule has 2 rings (SSSR count). The van der Waals surface area contributed by atoms with E-state index in [0.717, 1.165) is 38.3 Å². The Hall–Kier alpha value is -1.23. The lowest BCUT2D eigenvalue weighted by molar-refractivity contribution is -0.118. The molecule has 1 unspecified atom stereocenters. The van der Waals surface area contributed by atoms with Crippen LogP contribution in [-0.4, -0.2) is 38.0 Å². The van der Waals surface area contributed by atoms with Gasteiger partial charge in [-0.05, 0) is 32.7 Å². The van der Waals surface area contributed by atoms with E-state index < -0.39 is 0 Å². The van der Waals surface area contributed by atoms with Crippen molar-refractivity contribution in [1.82, 2.24) is 19.7 Å². The van der Waals surface area contributed by atoms with Crippen LogP contribution in [0.5, 0.6) is 0 Å². The van der Waals surface area contributed by atoms with Gasteiger partial charge in [0.25, 0.3) is 0 Å². The highest BCUT2D eigenvalue weighted by atomic mass is 16.1. The molecule has 1 atom stereocenters. The van der Waals surface area contributed by atoms with Crippen LogP contribution >= 0.6 is 0 Å². The van der Waals surface area contributed by atoms with Gasteiger partial charge in [-0.1, -0.05) is 6.92 Å². The second-order valence-electron chi connectivity index (χ2n) is 5.07. The maximum atomic E-state index is 11.3. The van der Waals surface area contributed by atoms with Gasteiger partial charge in [-0.2, -0.15) is 5.10 Å². The number of ketones is 1. The van der Waals surface area contributed by atoms with Gasteiger partial charge in [0.05, 0.1) is 6.54 Å². The van der Waals surface area contributed by atoms with Crippen molar-refractivity contribution in [3.63, 3.8) is 0 Å². The predicted molar refractivity (Wildman–Crippen MR) is 69.0 cm³/mol. The molecule has 2 heterocycles. The molecule has 0 radical (unpaired) electrons. The Morgan fingerprint density at radius 3 is 3.11 bits per heavy atom. The Balaban J connectivity index is 1.99. The van der Waals surface area contributed by atoms with Crippen LogP contribution in [0.1, 0.15) is 45.4 Å². The summed E-state index contributed by atoms with van der Waals surface area (Å²) in [5.41, 5.74) is 0. The molecule has 1 aromatic heterocycles. The van der Waals surface area contributed by atoms with E-state index in [1.807, 2.05) is 4.68 Å². The molecule has 0 spiro atoms. The monoisotopic (exact) mass is 250 g/mol. The molecular weight excluding hydrogens is 228 g/mol. The van der Waals surface area contributed by atoms with Gasteiger partial charge in [-0.15, -0.1) is 0 Å². The molecule has 0 aromatic carbocycles. The molecule has 18 heavy (non-hydrogen) atoms. The van der Waals surface area contributed by atoms with Gasteiger partial charge in [0.1, 0.15) is 17.9 Å². The van der Waals surface area contributed by atoms with Crippen molar-refractivity contribution in [3.05, 3.63) is 12.2 Å². The fourth-order valence-electron chi connectivity index (χ4n) is 2.66. The summed E-state index contributed by atoms with van der Waals surface area (Å²) in [7, 11) is 0. The van der Waals surface area contributed by atoms with E-state index in [0.29, 0.717) is 12.5 Å². The number of carbonyl (C=O) groups is 1. The molecule has 100 valence electrons. The minimum Gasteiger partial charge on any atom is -0.300 e. The summed E-state index contributed by atoms with van der Waals surface area (Å²) in [6, 6.07) is 0.397. The molecule has 0 bridgehead atoms. The number of hydrogen-bond donors (Lipinski definition) is 0. The lowest BCUT2D eigenvalue weighted by Gasteiger charge is -2.23. The molecule has 0 amide bonds. The Morgan fingerprint density at radius 2 is 2.39 bits per heavy atom. The lowest BCUT2D eigenvalue weighted by Crippen LogP contribution is -2.31. The number of rotatable bonds is 6. The number of nitrogens with zero attached hydrogens (tertiary/aromatic N) is 4. The predicted octanol–water partition coefficient (Wildman–Crippen LogP) is 1.63. The summed E-state index contributed by atoms with van der Waals surface area (Å²) in [6.45, 7) is 6.62. The van der Waals surface area contributed by atoms with E-state index in [4.69, 9.17) is 0 Å². The fourth-order valence-corrected chi connectivity index (χ4v) is 2.66. The van der Waals surface area contributed by atoms with Crippen molar-refractivity contribution >= 4 is 5.78 Å². The number of Topliss-reactive ketones (excluding diaryl/α,β-unsaturated/α-hetero) is 1. The van der Waals surface area contributed by atoms with E-state index in [1.165, 1.54) is 6.42 Å². The van der Waals surface area contributed by atoms with E-state index in [-0.39, 0.29) is 5.78 Å². The molecule has 1 aliphatic rings.